The highest BCUT2D eigenvalue weighted by Gasteiger charge is 2.16. The van der Waals surface area contributed by atoms with Gasteiger partial charge in [-0.05, 0) is 49.4 Å². The zero-order chi connectivity index (χ0) is 18.4. The van der Waals surface area contributed by atoms with Crippen LogP contribution in [0.3, 0.4) is 0 Å². The smallest absolute Gasteiger partial charge is 0.238 e. The Hall–Kier alpha value is -1.92. The number of hydrogen-bond acceptors (Lipinski definition) is 4. The molecule has 0 aliphatic carbocycles. The Kier molecular flexibility index (Phi) is 6.96. The van der Waals surface area contributed by atoms with Gasteiger partial charge in [-0.25, -0.2) is 0 Å². The molecule has 1 unspecified atom stereocenters. The molecule has 7 heteroatoms. The van der Waals surface area contributed by atoms with Crippen molar-refractivity contribution in [3.8, 4) is 0 Å². The van der Waals surface area contributed by atoms with Crippen molar-refractivity contribution in [2.45, 2.75) is 13.0 Å². The maximum Gasteiger partial charge on any atom is 0.238 e. The molecular formula is C18H18Cl2N2O3. The molecule has 0 aromatic heterocycles. The minimum absolute atomic E-state index is 0.0160. The van der Waals surface area contributed by atoms with E-state index in [1.54, 1.807) is 43.3 Å². The Morgan fingerprint density at radius 1 is 1.08 bits per heavy atom. The van der Waals surface area contributed by atoms with E-state index in [0.717, 1.165) is 0 Å². The Bertz CT molecular complexity index is 761. The number of aliphatic hydroxyl groups excluding tert-OH is 1. The van der Waals surface area contributed by atoms with Crippen molar-refractivity contribution >= 4 is 40.6 Å². The van der Waals surface area contributed by atoms with Crippen LogP contribution in [0.2, 0.25) is 10.0 Å². The normalized spacial score (nSPS) is 11.8. The first-order valence-electron chi connectivity index (χ1n) is 7.65. The van der Waals surface area contributed by atoms with Crippen molar-refractivity contribution in [2.75, 3.05) is 18.4 Å². The predicted octanol–water partition coefficient (Wildman–Crippen LogP) is 3.13. The van der Waals surface area contributed by atoms with Crippen LogP contribution in [0.1, 0.15) is 22.8 Å². The molecule has 1 atom stereocenters. The van der Waals surface area contributed by atoms with Crippen molar-refractivity contribution in [3.05, 3.63) is 63.6 Å². The highest BCUT2D eigenvalue weighted by molar-refractivity contribution is 6.32. The van der Waals surface area contributed by atoms with Crippen LogP contribution in [0.4, 0.5) is 5.69 Å². The monoisotopic (exact) mass is 380 g/mol. The second-order valence-electron chi connectivity index (χ2n) is 5.55. The molecule has 0 spiro atoms. The van der Waals surface area contributed by atoms with Crippen molar-refractivity contribution in [3.63, 3.8) is 0 Å². The predicted molar refractivity (Wildman–Crippen MR) is 99.5 cm³/mol. The molecule has 0 saturated heterocycles. The Morgan fingerprint density at radius 3 is 2.36 bits per heavy atom. The largest absolute Gasteiger partial charge is 0.392 e. The lowest BCUT2D eigenvalue weighted by Crippen LogP contribution is -2.33. The summed E-state index contributed by atoms with van der Waals surface area (Å²) in [4.78, 5) is 24.7. The van der Waals surface area contributed by atoms with Gasteiger partial charge in [-0.15, -0.1) is 0 Å². The minimum Gasteiger partial charge on any atom is -0.392 e. The first-order chi connectivity index (χ1) is 11.9. The van der Waals surface area contributed by atoms with Crippen LogP contribution in [0.5, 0.6) is 0 Å². The number of rotatable bonds is 7. The van der Waals surface area contributed by atoms with E-state index >= 15 is 0 Å². The summed E-state index contributed by atoms with van der Waals surface area (Å²) in [6, 6.07) is 11.2. The van der Waals surface area contributed by atoms with Crippen molar-refractivity contribution in [1.29, 1.82) is 0 Å². The van der Waals surface area contributed by atoms with Crippen LogP contribution in [0.25, 0.3) is 0 Å². The van der Waals surface area contributed by atoms with E-state index in [1.165, 1.54) is 6.07 Å². The number of nitrogens with one attached hydrogen (secondary N) is 2. The van der Waals surface area contributed by atoms with Gasteiger partial charge in [0.2, 0.25) is 5.91 Å². The maximum absolute atomic E-state index is 12.7. The van der Waals surface area contributed by atoms with Gasteiger partial charge in [-0.3, -0.25) is 9.59 Å². The van der Waals surface area contributed by atoms with E-state index in [2.05, 4.69) is 10.6 Å². The number of halogens is 2. The van der Waals surface area contributed by atoms with Crippen LogP contribution in [-0.2, 0) is 4.79 Å². The Morgan fingerprint density at radius 2 is 1.72 bits per heavy atom. The summed E-state index contributed by atoms with van der Waals surface area (Å²) in [6.45, 7) is 1.93. The van der Waals surface area contributed by atoms with Crippen molar-refractivity contribution in [2.24, 2.45) is 0 Å². The highest BCUT2D eigenvalue weighted by Crippen LogP contribution is 2.24. The molecule has 0 heterocycles. The van der Waals surface area contributed by atoms with E-state index in [9.17, 15) is 14.7 Å². The van der Waals surface area contributed by atoms with E-state index in [1.807, 2.05) is 0 Å². The van der Waals surface area contributed by atoms with Crippen LogP contribution >= 0.6 is 23.2 Å². The number of hydrogen-bond donors (Lipinski definition) is 3. The third-order valence-electron chi connectivity index (χ3n) is 3.33. The lowest BCUT2D eigenvalue weighted by molar-refractivity contribution is -0.115. The number of ketones is 1. The second-order valence-corrected chi connectivity index (χ2v) is 6.43. The number of benzene rings is 2. The Labute approximate surface area is 156 Å². The molecule has 0 radical (unpaired) electrons. The second kappa shape index (κ2) is 8.97. The summed E-state index contributed by atoms with van der Waals surface area (Å²) in [5, 5.41) is 15.6. The molecule has 0 fully saturated rings. The van der Waals surface area contributed by atoms with Crippen LogP contribution in [0, 0.1) is 0 Å². The zero-order valence-corrected chi connectivity index (χ0v) is 15.1. The fourth-order valence-electron chi connectivity index (χ4n) is 2.16. The minimum atomic E-state index is -0.551. The molecule has 0 aliphatic heterocycles. The summed E-state index contributed by atoms with van der Waals surface area (Å²) in [5.74, 6) is -0.598. The van der Waals surface area contributed by atoms with Gasteiger partial charge in [0.25, 0.3) is 0 Å². The number of carbonyl (C=O) groups is 2. The van der Waals surface area contributed by atoms with Gasteiger partial charge in [0.15, 0.2) is 5.78 Å². The van der Waals surface area contributed by atoms with Gasteiger partial charge in [-0.2, -0.15) is 0 Å². The van der Waals surface area contributed by atoms with Crippen molar-refractivity contribution in [1.82, 2.24) is 5.32 Å². The van der Waals surface area contributed by atoms with Gasteiger partial charge in [0.05, 0.1) is 18.3 Å². The molecule has 0 bridgehead atoms. The number of aliphatic hydroxyl groups is 1. The Balaban J connectivity index is 2.18. The van der Waals surface area contributed by atoms with Crippen LogP contribution < -0.4 is 10.6 Å². The van der Waals surface area contributed by atoms with E-state index in [0.29, 0.717) is 33.4 Å². The molecule has 132 valence electrons. The summed E-state index contributed by atoms with van der Waals surface area (Å²) >= 11 is 11.8. The zero-order valence-electron chi connectivity index (χ0n) is 13.6. The van der Waals surface area contributed by atoms with E-state index < -0.39 is 6.10 Å². The number of anilines is 1. The van der Waals surface area contributed by atoms with Crippen LogP contribution in [0.15, 0.2) is 42.5 Å². The van der Waals surface area contributed by atoms with Gasteiger partial charge in [0.1, 0.15) is 0 Å². The quantitative estimate of drug-likeness (QED) is 0.644. The summed E-state index contributed by atoms with van der Waals surface area (Å²) in [5.41, 5.74) is 1.10. The van der Waals surface area contributed by atoms with Gasteiger partial charge in [0, 0.05) is 27.7 Å². The fraction of sp³-hybridized carbons (Fsp3) is 0.222. The molecule has 0 aliphatic rings. The number of amides is 1. The van der Waals surface area contributed by atoms with Gasteiger partial charge < -0.3 is 15.7 Å². The first-order valence-corrected chi connectivity index (χ1v) is 8.41. The van der Waals surface area contributed by atoms with Crippen LogP contribution in [-0.4, -0.2) is 36.0 Å². The third kappa shape index (κ3) is 5.83. The van der Waals surface area contributed by atoms with Crippen molar-refractivity contribution < 1.29 is 14.7 Å². The fourth-order valence-corrected chi connectivity index (χ4v) is 2.46. The summed E-state index contributed by atoms with van der Waals surface area (Å²) < 4.78 is 0. The molecule has 3 N–H and O–H groups in total. The topological polar surface area (TPSA) is 78.4 Å². The van der Waals surface area contributed by atoms with E-state index in [-0.39, 0.29) is 18.2 Å². The molecule has 2 aromatic carbocycles. The lowest BCUT2D eigenvalue weighted by atomic mass is 10.0. The molecule has 2 aromatic rings. The molecular weight excluding hydrogens is 363 g/mol. The summed E-state index contributed by atoms with van der Waals surface area (Å²) in [6.07, 6.45) is -0.551. The average molecular weight is 381 g/mol. The SMILES string of the molecule is CC(O)CNCC(=O)Nc1ccc(Cl)cc1C(=O)c1ccc(Cl)cc1. The maximum atomic E-state index is 12.7. The molecule has 2 rings (SSSR count). The van der Waals surface area contributed by atoms with Gasteiger partial charge >= 0.3 is 0 Å². The lowest BCUT2D eigenvalue weighted by Gasteiger charge is -2.12. The molecule has 5 nitrogen and oxygen atoms in total. The highest BCUT2D eigenvalue weighted by atomic mass is 35.5. The molecule has 1 amide bonds. The number of carbonyl (C=O) groups excluding carboxylic acids is 2. The first kappa shape index (κ1) is 19.4. The van der Waals surface area contributed by atoms with Gasteiger partial charge in [-0.1, -0.05) is 23.2 Å². The average Bonchev–Trinajstić information content (AvgIpc) is 2.56. The molecule has 25 heavy (non-hydrogen) atoms. The standard InChI is InChI=1S/C18H18Cl2N2O3/c1-11(23)9-21-10-17(24)22-16-7-6-14(20)8-15(16)18(25)12-2-4-13(19)5-3-12/h2-8,11,21,23H,9-10H2,1H3,(H,22,24). The van der Waals surface area contributed by atoms with E-state index in [4.69, 9.17) is 23.2 Å². The molecule has 0 saturated carbocycles. The summed E-state index contributed by atoms with van der Waals surface area (Å²) in [7, 11) is 0. The third-order valence-corrected chi connectivity index (χ3v) is 3.82.